The van der Waals surface area contributed by atoms with Gasteiger partial charge in [-0.3, -0.25) is 0 Å². The third-order valence-corrected chi connectivity index (χ3v) is 9.05. The van der Waals surface area contributed by atoms with Gasteiger partial charge in [0.15, 0.2) is 11.6 Å². The molecule has 0 N–H and O–H groups in total. The molecule has 0 bridgehead atoms. The average Bonchev–Trinajstić information content (AvgIpc) is 3.00. The summed E-state index contributed by atoms with van der Waals surface area (Å²) in [6.45, 7) is 4.47. The first kappa shape index (κ1) is 29.2. The Kier molecular flexibility index (Phi) is 9.69. The normalized spacial score (nSPS) is 21.2. The van der Waals surface area contributed by atoms with Crippen molar-refractivity contribution in [3.63, 3.8) is 0 Å². The fourth-order valence-corrected chi connectivity index (χ4v) is 6.60. The maximum Gasteiger partial charge on any atom is 0.201 e. The van der Waals surface area contributed by atoms with Gasteiger partial charge in [-0.15, -0.1) is 0 Å². The standard InChI is InChI=1S/C37H41F3O/c1-3-5-23-41-35-22-21-33(36(39)37(35)40)30-17-13-28(14-18-30)31-19-20-32(34(38)24-31)29-15-11-27(12-16-29)26-9-7-25(6-4-2)8-10-26/h4,6,13-15,17-22,24-27H,3,5,7-12,16,23H2,1-2H3/b6-4+. The molecule has 2 aliphatic rings. The van der Waals surface area contributed by atoms with E-state index in [1.165, 1.54) is 31.7 Å². The highest BCUT2D eigenvalue weighted by Crippen LogP contribution is 2.42. The molecule has 216 valence electrons. The van der Waals surface area contributed by atoms with Crippen LogP contribution in [0, 0.1) is 35.2 Å². The molecule has 4 heteroatoms. The minimum absolute atomic E-state index is 0.0670. The predicted molar refractivity (Wildman–Crippen MR) is 163 cm³/mol. The van der Waals surface area contributed by atoms with Gasteiger partial charge >= 0.3 is 0 Å². The van der Waals surface area contributed by atoms with Crippen LogP contribution in [0.3, 0.4) is 0 Å². The van der Waals surface area contributed by atoms with Crippen molar-refractivity contribution in [3.05, 3.63) is 95.8 Å². The number of rotatable bonds is 9. The molecule has 1 fully saturated rings. The monoisotopic (exact) mass is 558 g/mol. The highest BCUT2D eigenvalue weighted by Gasteiger charge is 2.28. The summed E-state index contributed by atoms with van der Waals surface area (Å²) in [6, 6.07) is 15.6. The minimum atomic E-state index is -0.972. The highest BCUT2D eigenvalue weighted by atomic mass is 19.2. The maximum atomic E-state index is 15.3. The van der Waals surface area contributed by atoms with Gasteiger partial charge < -0.3 is 4.74 Å². The Hall–Kier alpha value is -3.27. The zero-order chi connectivity index (χ0) is 28.8. The molecule has 0 radical (unpaired) electrons. The number of allylic oxidation sites excluding steroid dienone is 4. The number of ether oxygens (including phenoxy) is 1. The lowest BCUT2D eigenvalue weighted by atomic mass is 9.71. The Morgan fingerprint density at radius 2 is 1.49 bits per heavy atom. The van der Waals surface area contributed by atoms with Crippen LogP contribution in [0.15, 0.2) is 72.8 Å². The molecule has 5 rings (SSSR count). The summed E-state index contributed by atoms with van der Waals surface area (Å²) in [6.07, 6.45) is 16.8. The average molecular weight is 559 g/mol. The second kappa shape index (κ2) is 13.6. The minimum Gasteiger partial charge on any atom is -0.490 e. The number of halogens is 3. The molecule has 1 atom stereocenters. The van der Waals surface area contributed by atoms with E-state index in [9.17, 15) is 8.78 Å². The van der Waals surface area contributed by atoms with E-state index in [1.807, 2.05) is 31.2 Å². The smallest absolute Gasteiger partial charge is 0.201 e. The van der Waals surface area contributed by atoms with E-state index in [0.29, 0.717) is 23.7 Å². The summed E-state index contributed by atoms with van der Waals surface area (Å²) in [5.74, 6) is 0.0889. The second-order valence-electron chi connectivity index (χ2n) is 11.7. The van der Waals surface area contributed by atoms with Crippen LogP contribution in [0.5, 0.6) is 5.75 Å². The molecular weight excluding hydrogens is 517 g/mol. The van der Waals surface area contributed by atoms with Crippen molar-refractivity contribution >= 4 is 5.57 Å². The highest BCUT2D eigenvalue weighted by molar-refractivity contribution is 5.74. The number of hydrogen-bond donors (Lipinski definition) is 0. The molecule has 0 aromatic heterocycles. The number of hydrogen-bond acceptors (Lipinski definition) is 1. The third kappa shape index (κ3) is 6.80. The van der Waals surface area contributed by atoms with Gasteiger partial charge in [-0.25, -0.2) is 8.78 Å². The van der Waals surface area contributed by atoms with E-state index >= 15 is 4.39 Å². The quantitative estimate of drug-likeness (QED) is 0.187. The summed E-state index contributed by atoms with van der Waals surface area (Å²) in [7, 11) is 0. The van der Waals surface area contributed by atoms with Gasteiger partial charge in [-0.1, -0.05) is 68.0 Å². The zero-order valence-corrected chi connectivity index (χ0v) is 24.3. The van der Waals surface area contributed by atoms with Gasteiger partial charge in [0.2, 0.25) is 5.82 Å². The fourth-order valence-electron chi connectivity index (χ4n) is 6.60. The maximum absolute atomic E-state index is 15.3. The van der Waals surface area contributed by atoms with Crippen LogP contribution in [-0.4, -0.2) is 6.61 Å². The Morgan fingerprint density at radius 3 is 2.15 bits per heavy atom. The van der Waals surface area contributed by atoms with Gasteiger partial charge in [-0.05, 0) is 117 Å². The Bertz CT molecular complexity index is 1380. The van der Waals surface area contributed by atoms with Gasteiger partial charge in [0.25, 0.3) is 0 Å². The molecule has 1 saturated carbocycles. The van der Waals surface area contributed by atoms with Crippen molar-refractivity contribution in [2.75, 3.05) is 6.61 Å². The first-order valence-corrected chi connectivity index (χ1v) is 15.3. The van der Waals surface area contributed by atoms with Crippen LogP contribution < -0.4 is 4.74 Å². The van der Waals surface area contributed by atoms with Gasteiger partial charge in [0, 0.05) is 11.1 Å². The van der Waals surface area contributed by atoms with E-state index in [0.717, 1.165) is 60.6 Å². The summed E-state index contributed by atoms with van der Waals surface area (Å²) in [4.78, 5) is 0. The Labute approximate surface area is 243 Å². The Balaban J connectivity index is 1.24. The second-order valence-corrected chi connectivity index (χ2v) is 11.7. The zero-order valence-electron chi connectivity index (χ0n) is 24.3. The van der Waals surface area contributed by atoms with E-state index in [4.69, 9.17) is 4.74 Å². The molecule has 1 unspecified atom stereocenters. The van der Waals surface area contributed by atoms with E-state index in [1.54, 1.807) is 24.3 Å². The van der Waals surface area contributed by atoms with Gasteiger partial charge in [0.05, 0.1) is 6.61 Å². The first-order chi connectivity index (χ1) is 20.0. The van der Waals surface area contributed by atoms with Crippen molar-refractivity contribution in [2.24, 2.45) is 17.8 Å². The van der Waals surface area contributed by atoms with E-state index in [-0.39, 0.29) is 17.1 Å². The lowest BCUT2D eigenvalue weighted by Gasteiger charge is -2.35. The summed E-state index contributed by atoms with van der Waals surface area (Å²) in [5.41, 5.74) is 4.12. The third-order valence-electron chi connectivity index (χ3n) is 9.05. The van der Waals surface area contributed by atoms with E-state index < -0.39 is 11.6 Å². The molecule has 2 aliphatic carbocycles. The predicted octanol–water partition coefficient (Wildman–Crippen LogP) is 11.2. The lowest BCUT2D eigenvalue weighted by Crippen LogP contribution is -2.22. The van der Waals surface area contributed by atoms with Crippen LogP contribution in [0.2, 0.25) is 0 Å². The fraction of sp³-hybridized carbons (Fsp3) is 0.405. The topological polar surface area (TPSA) is 9.23 Å². The van der Waals surface area contributed by atoms with Crippen LogP contribution in [-0.2, 0) is 0 Å². The molecule has 0 spiro atoms. The molecule has 0 heterocycles. The van der Waals surface area contributed by atoms with Crippen LogP contribution in [0.25, 0.3) is 27.8 Å². The van der Waals surface area contributed by atoms with Crippen molar-refractivity contribution < 1.29 is 17.9 Å². The van der Waals surface area contributed by atoms with Crippen LogP contribution in [0.4, 0.5) is 13.2 Å². The van der Waals surface area contributed by atoms with Crippen LogP contribution >= 0.6 is 0 Å². The summed E-state index contributed by atoms with van der Waals surface area (Å²) in [5, 5.41) is 0. The van der Waals surface area contributed by atoms with Crippen LogP contribution in [0.1, 0.15) is 77.2 Å². The van der Waals surface area contributed by atoms with Crippen molar-refractivity contribution in [1.29, 1.82) is 0 Å². The lowest BCUT2D eigenvalue weighted by molar-refractivity contribution is 0.212. The van der Waals surface area contributed by atoms with Crippen molar-refractivity contribution in [1.82, 2.24) is 0 Å². The SMILES string of the molecule is C/C=C/C1CCC(C2CC=C(c3ccc(-c4ccc(-c5ccc(OCCCC)c(F)c5F)cc4)cc3F)CC2)CC1. The molecule has 0 amide bonds. The summed E-state index contributed by atoms with van der Waals surface area (Å²) >= 11 is 0. The largest absolute Gasteiger partial charge is 0.490 e. The van der Waals surface area contributed by atoms with Crippen molar-refractivity contribution in [3.8, 4) is 28.0 Å². The number of benzene rings is 3. The van der Waals surface area contributed by atoms with Gasteiger partial charge in [-0.2, -0.15) is 4.39 Å². The molecule has 0 saturated heterocycles. The number of unbranched alkanes of at least 4 members (excludes halogenated alkanes) is 1. The van der Waals surface area contributed by atoms with Gasteiger partial charge in [0.1, 0.15) is 5.82 Å². The molecule has 41 heavy (non-hydrogen) atoms. The summed E-state index contributed by atoms with van der Waals surface area (Å²) < 4.78 is 50.1. The van der Waals surface area contributed by atoms with E-state index in [2.05, 4.69) is 25.2 Å². The van der Waals surface area contributed by atoms with Crippen molar-refractivity contribution in [2.45, 2.75) is 71.6 Å². The molecule has 3 aromatic carbocycles. The molecular formula is C37H41F3O. The first-order valence-electron chi connectivity index (χ1n) is 15.3. The Morgan fingerprint density at radius 1 is 0.780 bits per heavy atom. The molecule has 3 aromatic rings. The molecule has 1 nitrogen and oxygen atoms in total. The molecule has 0 aliphatic heterocycles.